The Labute approximate surface area is 246 Å². The Morgan fingerprint density at radius 2 is 1.74 bits per heavy atom. The van der Waals surface area contributed by atoms with E-state index in [0.29, 0.717) is 16.7 Å². The smallest absolute Gasteiger partial charge is 0.251 e. The summed E-state index contributed by atoms with van der Waals surface area (Å²) in [6, 6.07) is 14.9. The molecule has 0 spiro atoms. The van der Waals surface area contributed by atoms with Crippen molar-refractivity contribution in [1.82, 2.24) is 15.5 Å². The van der Waals surface area contributed by atoms with Crippen LogP contribution in [0.2, 0.25) is 0 Å². The quantitative estimate of drug-likeness (QED) is 0.152. The molecule has 1 aromatic heterocycles. The van der Waals surface area contributed by atoms with Crippen LogP contribution in [0.15, 0.2) is 66.0 Å². The highest BCUT2D eigenvalue weighted by Crippen LogP contribution is 2.32. The van der Waals surface area contributed by atoms with E-state index in [1.165, 1.54) is 42.7 Å². The first-order chi connectivity index (χ1) is 20.0. The van der Waals surface area contributed by atoms with E-state index >= 15 is 4.39 Å². The maximum Gasteiger partial charge on any atom is 0.251 e. The van der Waals surface area contributed by atoms with Gasteiger partial charge in [0.05, 0.1) is 25.7 Å². The zero-order chi connectivity index (χ0) is 30.4. The molecular formula is C30H32FN5O5S. The molecule has 220 valence electrons. The largest absolute Gasteiger partial charge is 0.384 e. The number of benzene rings is 2. The molecule has 0 unspecified atom stereocenters. The molecule has 2 aromatic carbocycles. The van der Waals surface area contributed by atoms with Crippen LogP contribution in [-0.2, 0) is 14.3 Å². The molecule has 1 aliphatic rings. The van der Waals surface area contributed by atoms with Crippen molar-refractivity contribution in [2.45, 2.75) is 31.1 Å². The number of ether oxygens (including phenoxy) is 1. The van der Waals surface area contributed by atoms with E-state index in [2.05, 4.69) is 10.6 Å². The molecule has 1 aliphatic heterocycles. The van der Waals surface area contributed by atoms with Gasteiger partial charge in [0.2, 0.25) is 11.8 Å². The summed E-state index contributed by atoms with van der Waals surface area (Å²) in [5.74, 6) is -2.01. The van der Waals surface area contributed by atoms with E-state index in [0.717, 1.165) is 9.78 Å². The number of likely N-dealkylation sites (tertiary alicyclic amines) is 1. The van der Waals surface area contributed by atoms with E-state index in [1.807, 2.05) is 6.07 Å². The molecule has 0 aliphatic carbocycles. The van der Waals surface area contributed by atoms with Crippen molar-refractivity contribution >= 4 is 40.7 Å². The van der Waals surface area contributed by atoms with Gasteiger partial charge < -0.3 is 26.0 Å². The number of hydrogen-bond acceptors (Lipinski definition) is 7. The van der Waals surface area contributed by atoms with Crippen LogP contribution in [0.3, 0.4) is 0 Å². The summed E-state index contributed by atoms with van der Waals surface area (Å²) >= 11 is 1.32. The monoisotopic (exact) mass is 593 g/mol. The minimum Gasteiger partial charge on any atom is -0.384 e. The summed E-state index contributed by atoms with van der Waals surface area (Å²) in [6.45, 7) is 0.611. The molecule has 2 heterocycles. The fourth-order valence-corrected chi connectivity index (χ4v) is 5.70. The second-order valence-electron chi connectivity index (χ2n) is 10.2. The number of amides is 3. The minimum atomic E-state index is -1.94. The fourth-order valence-electron chi connectivity index (χ4n) is 4.79. The molecule has 0 radical (unpaired) electrons. The zero-order valence-corrected chi connectivity index (χ0v) is 24.0. The molecule has 12 heteroatoms. The first kappa shape index (κ1) is 30.5. The van der Waals surface area contributed by atoms with Crippen LogP contribution in [0, 0.1) is 5.41 Å². The Kier molecular flexibility index (Phi) is 9.48. The van der Waals surface area contributed by atoms with Gasteiger partial charge in [-0.15, -0.1) is 11.3 Å². The first-order valence-electron chi connectivity index (χ1n) is 13.2. The van der Waals surface area contributed by atoms with Crippen molar-refractivity contribution in [2.24, 2.45) is 5.73 Å². The highest BCUT2D eigenvalue weighted by molar-refractivity contribution is 7.10. The van der Waals surface area contributed by atoms with Crippen LogP contribution in [0.4, 0.5) is 4.39 Å². The number of hydrogen-bond donors (Lipinski definition) is 4. The number of nitrogens with zero attached hydrogens (tertiary/aromatic N) is 1. The van der Waals surface area contributed by atoms with Crippen molar-refractivity contribution in [1.29, 1.82) is 5.41 Å². The van der Waals surface area contributed by atoms with Gasteiger partial charge in [-0.3, -0.25) is 24.6 Å². The van der Waals surface area contributed by atoms with E-state index in [4.69, 9.17) is 15.9 Å². The van der Waals surface area contributed by atoms with Gasteiger partial charge >= 0.3 is 0 Å². The number of carbonyl (C=O) groups excluding carboxylic acids is 4. The molecular weight excluding hydrogens is 561 g/mol. The number of methoxy groups -OCH3 is 1. The Morgan fingerprint density at radius 1 is 1.10 bits per heavy atom. The molecule has 42 heavy (non-hydrogen) atoms. The average molecular weight is 594 g/mol. The van der Waals surface area contributed by atoms with Crippen LogP contribution >= 0.6 is 11.3 Å². The summed E-state index contributed by atoms with van der Waals surface area (Å²) in [4.78, 5) is 53.6. The van der Waals surface area contributed by atoms with Crippen LogP contribution in [0.1, 0.15) is 56.1 Å². The fraction of sp³-hybridized carbons (Fsp3) is 0.300. The van der Waals surface area contributed by atoms with Gasteiger partial charge in [-0.2, -0.15) is 0 Å². The van der Waals surface area contributed by atoms with Gasteiger partial charge in [0, 0.05) is 46.0 Å². The van der Waals surface area contributed by atoms with E-state index < -0.39 is 42.0 Å². The molecule has 0 bridgehead atoms. The topological polar surface area (TPSA) is 155 Å². The average Bonchev–Trinajstić information content (AvgIpc) is 3.62. The highest BCUT2D eigenvalue weighted by Gasteiger charge is 2.49. The molecule has 3 aromatic rings. The summed E-state index contributed by atoms with van der Waals surface area (Å²) in [6.07, 6.45) is -0.265. The third kappa shape index (κ3) is 7.07. The number of nitrogens with one attached hydrogen (secondary N) is 3. The van der Waals surface area contributed by atoms with Crippen LogP contribution in [-0.4, -0.2) is 72.8 Å². The number of thiophene rings is 1. The number of carbonyl (C=O) groups is 4. The standard InChI is InChI=1S/C30H32FN5O5S/c1-18(24-12-22(15-42-24)27(32)33)35-29(40)23-13-30(31,17-41-2)16-36(23)25(37)14-34-28(39)21-10-8-20(9-11-21)26(38)19-6-4-3-5-7-19/h3-12,15,18,23H,13-14,16-17H2,1-2H3,(H3,32,33)(H,34,39)(H,35,40)/t18-,23+,30-/m1/s1. The molecule has 3 amide bonds. The van der Waals surface area contributed by atoms with Gasteiger partial charge in [0.15, 0.2) is 11.5 Å². The van der Waals surface area contributed by atoms with Gasteiger partial charge in [0.25, 0.3) is 5.91 Å². The maximum absolute atomic E-state index is 15.5. The Bertz CT molecular complexity index is 1480. The van der Waals surface area contributed by atoms with Gasteiger partial charge in [-0.1, -0.05) is 42.5 Å². The third-order valence-corrected chi connectivity index (χ3v) is 8.09. The Balaban J connectivity index is 1.39. The Morgan fingerprint density at radius 3 is 2.36 bits per heavy atom. The number of rotatable bonds is 11. The lowest BCUT2D eigenvalue weighted by Crippen LogP contribution is -2.49. The van der Waals surface area contributed by atoms with Crippen LogP contribution in [0.25, 0.3) is 0 Å². The molecule has 5 N–H and O–H groups in total. The molecule has 0 saturated carbocycles. The lowest BCUT2D eigenvalue weighted by atomic mass is 10.0. The van der Waals surface area contributed by atoms with Gasteiger partial charge in [-0.05, 0) is 25.1 Å². The van der Waals surface area contributed by atoms with Crippen LogP contribution in [0.5, 0.6) is 0 Å². The molecule has 1 fully saturated rings. The SMILES string of the molecule is COC[C@@]1(F)C[C@@H](C(=O)N[C@H](C)c2cc(C(=N)N)cs2)N(C(=O)CNC(=O)c2ccc(C(=O)c3ccccc3)cc2)C1. The second-order valence-corrected chi connectivity index (χ2v) is 11.1. The van der Waals surface area contributed by atoms with E-state index in [9.17, 15) is 19.2 Å². The van der Waals surface area contributed by atoms with Gasteiger partial charge in [0.1, 0.15) is 11.9 Å². The maximum atomic E-state index is 15.5. The molecule has 3 atom stereocenters. The van der Waals surface area contributed by atoms with Crippen molar-refractivity contribution in [2.75, 3.05) is 26.8 Å². The number of halogens is 1. The first-order valence-corrected chi connectivity index (χ1v) is 14.1. The summed E-state index contributed by atoms with van der Waals surface area (Å²) in [5, 5.41) is 14.6. The summed E-state index contributed by atoms with van der Waals surface area (Å²) in [7, 11) is 1.34. The lowest BCUT2D eigenvalue weighted by molar-refractivity contribution is -0.138. The highest BCUT2D eigenvalue weighted by atomic mass is 32.1. The minimum absolute atomic E-state index is 0.0935. The number of nitrogens with two attached hydrogens (primary N) is 1. The van der Waals surface area contributed by atoms with E-state index in [-0.39, 0.29) is 36.8 Å². The predicted octanol–water partition coefficient (Wildman–Crippen LogP) is 2.83. The van der Waals surface area contributed by atoms with Crippen molar-refractivity contribution < 1.29 is 28.3 Å². The normalized spacial score (nSPS) is 18.7. The van der Waals surface area contributed by atoms with E-state index in [1.54, 1.807) is 42.6 Å². The number of amidine groups is 1. The summed E-state index contributed by atoms with van der Waals surface area (Å²) in [5.41, 5.74) is 5.28. The zero-order valence-electron chi connectivity index (χ0n) is 23.2. The van der Waals surface area contributed by atoms with Gasteiger partial charge in [-0.25, -0.2) is 4.39 Å². The number of alkyl halides is 1. The lowest BCUT2D eigenvalue weighted by Gasteiger charge is -2.25. The Hall–Kier alpha value is -4.42. The number of ketones is 1. The third-order valence-electron chi connectivity index (χ3n) is 6.98. The summed E-state index contributed by atoms with van der Waals surface area (Å²) < 4.78 is 20.5. The molecule has 4 rings (SSSR count). The predicted molar refractivity (Wildman–Crippen MR) is 156 cm³/mol. The molecule has 1 saturated heterocycles. The van der Waals surface area contributed by atoms with Crippen molar-refractivity contribution in [3.63, 3.8) is 0 Å². The second kappa shape index (κ2) is 13.0. The van der Waals surface area contributed by atoms with Crippen LogP contribution < -0.4 is 16.4 Å². The van der Waals surface area contributed by atoms with Crippen molar-refractivity contribution in [3.05, 3.63) is 93.2 Å². The number of nitrogen functional groups attached to an aromatic ring is 1. The molecule has 10 nitrogen and oxygen atoms in total. The van der Waals surface area contributed by atoms with Crippen molar-refractivity contribution in [3.8, 4) is 0 Å².